The first-order chi connectivity index (χ1) is 16.2. The minimum absolute atomic E-state index is 0.198. The molecule has 0 saturated carbocycles. The van der Waals surface area contributed by atoms with Crippen LogP contribution in [0.1, 0.15) is 11.1 Å². The maximum absolute atomic E-state index is 10.8. The number of hydrogen-bond donors (Lipinski definition) is 1. The van der Waals surface area contributed by atoms with Crippen LogP contribution >= 0.6 is 0 Å². The molecule has 0 bridgehead atoms. The summed E-state index contributed by atoms with van der Waals surface area (Å²) >= 11 is 0. The second-order valence-electron chi connectivity index (χ2n) is 8.96. The van der Waals surface area contributed by atoms with E-state index in [1.807, 2.05) is 48.7 Å². The Kier molecular flexibility index (Phi) is 6.86. The number of benzene rings is 2. The first-order valence-corrected chi connectivity index (χ1v) is 11.8. The molecule has 33 heavy (non-hydrogen) atoms. The average molecular weight is 445 g/mol. The van der Waals surface area contributed by atoms with Crippen LogP contribution in [0.15, 0.2) is 79.0 Å². The molecule has 1 N–H and O–H groups in total. The number of pyridine rings is 1. The molecule has 2 fully saturated rings. The lowest BCUT2D eigenvalue weighted by Crippen LogP contribution is -2.53. The molecular formula is C27H32N4O2. The Morgan fingerprint density at radius 2 is 1.58 bits per heavy atom. The second-order valence-corrected chi connectivity index (χ2v) is 8.96. The zero-order chi connectivity index (χ0) is 22.5. The van der Waals surface area contributed by atoms with Crippen LogP contribution in [0.5, 0.6) is 5.75 Å². The van der Waals surface area contributed by atoms with E-state index in [0.29, 0.717) is 6.61 Å². The summed E-state index contributed by atoms with van der Waals surface area (Å²) < 4.78 is 5.90. The molecule has 2 aromatic carbocycles. The Balaban J connectivity index is 1.10. The lowest BCUT2D eigenvalue weighted by Gasteiger charge is -2.39. The quantitative estimate of drug-likeness (QED) is 0.605. The third-order valence-electron chi connectivity index (χ3n) is 6.67. The van der Waals surface area contributed by atoms with Crippen molar-refractivity contribution >= 4 is 5.82 Å². The van der Waals surface area contributed by atoms with Crippen molar-refractivity contribution in [3.05, 3.63) is 90.1 Å². The molecule has 2 aliphatic rings. The highest BCUT2D eigenvalue weighted by Gasteiger charge is 2.36. The third-order valence-corrected chi connectivity index (χ3v) is 6.67. The summed E-state index contributed by atoms with van der Waals surface area (Å²) in [6, 6.07) is 24.8. The van der Waals surface area contributed by atoms with Gasteiger partial charge in [-0.3, -0.25) is 9.80 Å². The van der Waals surface area contributed by atoms with Gasteiger partial charge in [-0.05, 0) is 35.4 Å². The van der Waals surface area contributed by atoms with E-state index < -0.39 is 0 Å². The summed E-state index contributed by atoms with van der Waals surface area (Å²) in [7, 11) is 0. The van der Waals surface area contributed by atoms with Crippen LogP contribution in [0, 0.1) is 0 Å². The summed E-state index contributed by atoms with van der Waals surface area (Å²) in [4.78, 5) is 11.6. The molecule has 3 heterocycles. The van der Waals surface area contributed by atoms with Gasteiger partial charge in [0, 0.05) is 58.1 Å². The number of ether oxygens (including phenoxy) is 1. The van der Waals surface area contributed by atoms with Gasteiger partial charge < -0.3 is 14.7 Å². The summed E-state index contributed by atoms with van der Waals surface area (Å²) in [5, 5.41) is 10.8. The van der Waals surface area contributed by atoms with Crippen molar-refractivity contribution in [1.82, 2.24) is 14.8 Å². The van der Waals surface area contributed by atoms with Crippen LogP contribution in [0.25, 0.3) is 0 Å². The maximum Gasteiger partial charge on any atom is 0.128 e. The Labute approximate surface area is 196 Å². The van der Waals surface area contributed by atoms with Gasteiger partial charge in [-0.1, -0.05) is 48.5 Å². The molecule has 3 aromatic rings. The molecule has 0 spiro atoms. The zero-order valence-corrected chi connectivity index (χ0v) is 19.0. The number of aliphatic hydroxyl groups excluding tert-OH is 1. The molecule has 0 radical (unpaired) electrons. The van der Waals surface area contributed by atoms with Crippen molar-refractivity contribution in [1.29, 1.82) is 0 Å². The van der Waals surface area contributed by atoms with E-state index in [0.717, 1.165) is 57.4 Å². The highest BCUT2D eigenvalue weighted by molar-refractivity contribution is 5.38. The topological polar surface area (TPSA) is 52.1 Å². The summed E-state index contributed by atoms with van der Waals surface area (Å²) in [5.41, 5.74) is 2.41. The number of anilines is 1. The lowest BCUT2D eigenvalue weighted by molar-refractivity contribution is 0.0790. The van der Waals surface area contributed by atoms with Crippen LogP contribution in [-0.4, -0.2) is 71.3 Å². The summed E-state index contributed by atoms with van der Waals surface area (Å²) in [6.07, 6.45) is 1.54. The number of β-amino-alcohol motifs (C(OH)–C–C–N with tert-alkyl or cyclic N) is 1. The first-order valence-electron chi connectivity index (χ1n) is 11.8. The van der Waals surface area contributed by atoms with E-state index >= 15 is 0 Å². The van der Waals surface area contributed by atoms with Crippen molar-refractivity contribution in [2.45, 2.75) is 25.3 Å². The standard InChI is InChI=1S/C27H32N4O2/c32-26-20-29(18-22-9-11-24(12-10-22)33-21-23-6-2-1-3-7-23)19-25(26)30-14-16-31(17-15-30)27-8-4-5-13-28-27/h1-13,25-26,32H,14-21H2/t25-,26-/m0/s1. The number of piperazine rings is 1. The largest absolute Gasteiger partial charge is 0.489 e. The predicted molar refractivity (Wildman–Crippen MR) is 130 cm³/mol. The van der Waals surface area contributed by atoms with Crippen LogP contribution in [0.4, 0.5) is 5.82 Å². The van der Waals surface area contributed by atoms with Crippen molar-refractivity contribution < 1.29 is 9.84 Å². The molecule has 2 aliphatic heterocycles. The Morgan fingerprint density at radius 3 is 2.30 bits per heavy atom. The molecule has 2 atom stereocenters. The molecule has 0 aliphatic carbocycles. The van der Waals surface area contributed by atoms with Gasteiger partial charge in [0.1, 0.15) is 18.2 Å². The van der Waals surface area contributed by atoms with E-state index in [1.54, 1.807) is 0 Å². The zero-order valence-electron chi connectivity index (χ0n) is 19.0. The van der Waals surface area contributed by atoms with Gasteiger partial charge in [-0.25, -0.2) is 4.98 Å². The number of likely N-dealkylation sites (tertiary alicyclic amines) is 1. The summed E-state index contributed by atoms with van der Waals surface area (Å²) in [5.74, 6) is 1.93. The normalized spacial score (nSPS) is 21.9. The second kappa shape index (κ2) is 10.3. The first kappa shape index (κ1) is 21.9. The SMILES string of the molecule is O[C@H]1CN(Cc2ccc(OCc3ccccc3)cc2)C[C@@H]1N1CCN(c2ccccn2)CC1. The molecule has 6 heteroatoms. The number of rotatable bonds is 7. The van der Waals surface area contributed by atoms with E-state index in [-0.39, 0.29) is 12.1 Å². The minimum atomic E-state index is -0.306. The maximum atomic E-state index is 10.8. The number of aromatic nitrogens is 1. The third kappa shape index (κ3) is 5.53. The van der Waals surface area contributed by atoms with Crippen LogP contribution < -0.4 is 9.64 Å². The van der Waals surface area contributed by atoms with Gasteiger partial charge in [0.05, 0.1) is 6.10 Å². The molecule has 2 saturated heterocycles. The van der Waals surface area contributed by atoms with Gasteiger partial charge in [-0.15, -0.1) is 0 Å². The highest BCUT2D eigenvalue weighted by atomic mass is 16.5. The lowest BCUT2D eigenvalue weighted by atomic mass is 10.1. The van der Waals surface area contributed by atoms with Gasteiger partial charge in [0.2, 0.25) is 0 Å². The fourth-order valence-corrected chi connectivity index (χ4v) is 4.85. The fourth-order valence-electron chi connectivity index (χ4n) is 4.85. The fraction of sp³-hybridized carbons (Fsp3) is 0.370. The molecule has 1 aromatic heterocycles. The Morgan fingerprint density at radius 1 is 0.818 bits per heavy atom. The minimum Gasteiger partial charge on any atom is -0.489 e. The van der Waals surface area contributed by atoms with Crippen LogP contribution in [0.2, 0.25) is 0 Å². The molecule has 0 amide bonds. The van der Waals surface area contributed by atoms with E-state index in [4.69, 9.17) is 4.74 Å². The van der Waals surface area contributed by atoms with E-state index in [9.17, 15) is 5.11 Å². The van der Waals surface area contributed by atoms with E-state index in [2.05, 4.69) is 50.0 Å². The monoisotopic (exact) mass is 444 g/mol. The molecule has 6 nitrogen and oxygen atoms in total. The van der Waals surface area contributed by atoms with Crippen molar-refractivity contribution in [3.8, 4) is 5.75 Å². The average Bonchev–Trinajstić information content (AvgIpc) is 3.24. The molecular weight excluding hydrogens is 412 g/mol. The molecule has 0 unspecified atom stereocenters. The predicted octanol–water partition coefficient (Wildman–Crippen LogP) is 3.03. The van der Waals surface area contributed by atoms with E-state index in [1.165, 1.54) is 11.1 Å². The number of aliphatic hydroxyl groups is 1. The molecule has 172 valence electrons. The van der Waals surface area contributed by atoms with Crippen molar-refractivity contribution in [2.24, 2.45) is 0 Å². The van der Waals surface area contributed by atoms with Crippen molar-refractivity contribution in [3.63, 3.8) is 0 Å². The van der Waals surface area contributed by atoms with Gasteiger partial charge in [0.25, 0.3) is 0 Å². The van der Waals surface area contributed by atoms with Crippen LogP contribution in [0.3, 0.4) is 0 Å². The summed E-state index contributed by atoms with van der Waals surface area (Å²) in [6.45, 7) is 6.86. The highest BCUT2D eigenvalue weighted by Crippen LogP contribution is 2.23. The van der Waals surface area contributed by atoms with Gasteiger partial charge in [-0.2, -0.15) is 0 Å². The number of nitrogens with zero attached hydrogens (tertiary/aromatic N) is 4. The smallest absolute Gasteiger partial charge is 0.128 e. The van der Waals surface area contributed by atoms with Gasteiger partial charge >= 0.3 is 0 Å². The molecule has 5 rings (SSSR count). The van der Waals surface area contributed by atoms with Crippen molar-refractivity contribution in [2.75, 3.05) is 44.2 Å². The van der Waals surface area contributed by atoms with Crippen LogP contribution in [-0.2, 0) is 13.2 Å². The Hall–Kier alpha value is -2.93. The Bertz CT molecular complexity index is 992. The number of hydrogen-bond acceptors (Lipinski definition) is 6. The van der Waals surface area contributed by atoms with Gasteiger partial charge in [0.15, 0.2) is 0 Å².